The van der Waals surface area contributed by atoms with Crippen LogP contribution in [0.2, 0.25) is 0 Å². The lowest BCUT2D eigenvalue weighted by atomic mass is 9.94. The SMILES string of the molecule is Cc1ccc(C[C@@H]2CC(=O)N(C3CCCCC3)C2=O)cc1. The van der Waals surface area contributed by atoms with Gasteiger partial charge in [0.25, 0.3) is 0 Å². The van der Waals surface area contributed by atoms with Gasteiger partial charge in [-0.3, -0.25) is 14.5 Å². The molecule has 3 nitrogen and oxygen atoms in total. The van der Waals surface area contributed by atoms with Crippen molar-refractivity contribution in [3.63, 3.8) is 0 Å². The van der Waals surface area contributed by atoms with Crippen molar-refractivity contribution >= 4 is 11.8 Å². The summed E-state index contributed by atoms with van der Waals surface area (Å²) in [5, 5.41) is 0. The number of carbonyl (C=O) groups excluding carboxylic acids is 2. The van der Waals surface area contributed by atoms with Crippen LogP contribution in [-0.4, -0.2) is 22.8 Å². The first-order valence-electron chi connectivity index (χ1n) is 8.06. The summed E-state index contributed by atoms with van der Waals surface area (Å²) in [5.41, 5.74) is 2.37. The van der Waals surface area contributed by atoms with Gasteiger partial charge in [-0.1, -0.05) is 49.1 Å². The van der Waals surface area contributed by atoms with Crippen molar-refractivity contribution in [3.8, 4) is 0 Å². The number of rotatable bonds is 3. The third-order valence-electron chi connectivity index (χ3n) is 4.82. The fraction of sp³-hybridized carbons (Fsp3) is 0.556. The van der Waals surface area contributed by atoms with E-state index in [1.807, 2.05) is 0 Å². The normalized spacial score (nSPS) is 23.9. The molecule has 1 aromatic carbocycles. The average Bonchev–Trinajstić information content (AvgIpc) is 2.77. The summed E-state index contributed by atoms with van der Waals surface area (Å²) in [7, 11) is 0. The molecule has 1 aliphatic heterocycles. The van der Waals surface area contributed by atoms with E-state index in [-0.39, 0.29) is 23.8 Å². The van der Waals surface area contributed by atoms with Crippen molar-refractivity contribution in [2.45, 2.75) is 57.9 Å². The van der Waals surface area contributed by atoms with Gasteiger partial charge in [0.05, 0.1) is 5.92 Å². The number of aryl methyl sites for hydroxylation is 1. The summed E-state index contributed by atoms with van der Waals surface area (Å²) in [5.74, 6) is -0.0429. The lowest BCUT2D eigenvalue weighted by Crippen LogP contribution is -2.41. The summed E-state index contributed by atoms with van der Waals surface area (Å²) in [6, 6.07) is 8.43. The first-order valence-corrected chi connectivity index (χ1v) is 8.06. The molecule has 0 radical (unpaired) electrons. The molecule has 1 aromatic rings. The summed E-state index contributed by atoms with van der Waals surface area (Å²) in [6.45, 7) is 2.05. The van der Waals surface area contributed by atoms with Crippen LogP contribution in [0, 0.1) is 12.8 Å². The Bertz CT molecular complexity index is 529. The summed E-state index contributed by atoms with van der Waals surface area (Å²) in [6.07, 6.45) is 6.59. The third-order valence-corrected chi connectivity index (χ3v) is 4.82. The number of amides is 2. The van der Waals surface area contributed by atoms with Crippen LogP contribution in [0.25, 0.3) is 0 Å². The Morgan fingerprint density at radius 1 is 1.05 bits per heavy atom. The summed E-state index contributed by atoms with van der Waals surface area (Å²) in [4.78, 5) is 26.4. The Labute approximate surface area is 126 Å². The zero-order valence-electron chi connectivity index (χ0n) is 12.7. The molecule has 3 heteroatoms. The smallest absolute Gasteiger partial charge is 0.233 e. The number of likely N-dealkylation sites (tertiary alicyclic amines) is 1. The van der Waals surface area contributed by atoms with Gasteiger partial charge in [0.1, 0.15) is 0 Å². The molecule has 1 heterocycles. The fourth-order valence-electron chi connectivity index (χ4n) is 3.61. The number of benzene rings is 1. The van der Waals surface area contributed by atoms with Gasteiger partial charge in [0.15, 0.2) is 0 Å². The summed E-state index contributed by atoms with van der Waals surface area (Å²) < 4.78 is 0. The first-order chi connectivity index (χ1) is 10.1. The Kier molecular flexibility index (Phi) is 4.09. The van der Waals surface area contributed by atoms with E-state index >= 15 is 0 Å². The van der Waals surface area contributed by atoms with Gasteiger partial charge in [-0.15, -0.1) is 0 Å². The van der Waals surface area contributed by atoms with Gasteiger partial charge in [-0.2, -0.15) is 0 Å². The van der Waals surface area contributed by atoms with Crippen molar-refractivity contribution in [3.05, 3.63) is 35.4 Å². The topological polar surface area (TPSA) is 37.4 Å². The number of hydrogen-bond acceptors (Lipinski definition) is 2. The van der Waals surface area contributed by atoms with E-state index in [0.717, 1.165) is 31.2 Å². The minimum Gasteiger partial charge on any atom is -0.279 e. The molecule has 1 saturated carbocycles. The Morgan fingerprint density at radius 2 is 1.71 bits per heavy atom. The van der Waals surface area contributed by atoms with Gasteiger partial charge < -0.3 is 0 Å². The lowest BCUT2D eigenvalue weighted by Gasteiger charge is -2.29. The van der Waals surface area contributed by atoms with Gasteiger partial charge in [0.2, 0.25) is 11.8 Å². The standard InChI is InChI=1S/C18H23NO2/c1-13-7-9-14(10-8-13)11-15-12-17(20)19(18(15)21)16-5-3-2-4-6-16/h7-10,15-16H,2-6,11-12H2,1H3/t15-/m1/s1. The van der Waals surface area contributed by atoms with E-state index in [2.05, 4.69) is 31.2 Å². The van der Waals surface area contributed by atoms with Crippen LogP contribution in [0.15, 0.2) is 24.3 Å². The maximum absolute atomic E-state index is 12.6. The number of carbonyl (C=O) groups is 2. The zero-order chi connectivity index (χ0) is 14.8. The molecule has 2 fully saturated rings. The van der Waals surface area contributed by atoms with Crippen molar-refractivity contribution < 1.29 is 9.59 Å². The molecule has 0 aromatic heterocycles. The number of hydrogen-bond donors (Lipinski definition) is 0. The molecule has 0 spiro atoms. The van der Waals surface area contributed by atoms with E-state index < -0.39 is 0 Å². The largest absolute Gasteiger partial charge is 0.279 e. The van der Waals surface area contributed by atoms with Crippen LogP contribution in [0.4, 0.5) is 0 Å². The van der Waals surface area contributed by atoms with Crippen LogP contribution in [0.5, 0.6) is 0 Å². The van der Waals surface area contributed by atoms with Crippen LogP contribution in [-0.2, 0) is 16.0 Å². The molecule has 1 atom stereocenters. The highest BCUT2D eigenvalue weighted by Crippen LogP contribution is 2.31. The third kappa shape index (κ3) is 3.02. The molecule has 0 bridgehead atoms. The highest BCUT2D eigenvalue weighted by atomic mass is 16.2. The van der Waals surface area contributed by atoms with Crippen LogP contribution >= 0.6 is 0 Å². The average molecular weight is 285 g/mol. The fourth-order valence-corrected chi connectivity index (χ4v) is 3.61. The van der Waals surface area contributed by atoms with Crippen LogP contribution in [0.1, 0.15) is 49.7 Å². The predicted molar refractivity (Wildman–Crippen MR) is 81.7 cm³/mol. The van der Waals surface area contributed by atoms with Crippen LogP contribution < -0.4 is 0 Å². The molecule has 112 valence electrons. The minimum atomic E-state index is -0.151. The molecule has 0 unspecified atom stereocenters. The molecule has 2 amide bonds. The minimum absolute atomic E-state index is 0.0454. The second kappa shape index (κ2) is 6.00. The molecule has 0 N–H and O–H groups in total. The molecular formula is C18H23NO2. The van der Waals surface area contributed by atoms with Gasteiger partial charge in [-0.05, 0) is 31.7 Å². The highest BCUT2D eigenvalue weighted by Gasteiger charge is 2.42. The highest BCUT2D eigenvalue weighted by molar-refractivity contribution is 6.04. The molecule has 2 aliphatic rings. The maximum Gasteiger partial charge on any atom is 0.233 e. The second-order valence-corrected chi connectivity index (χ2v) is 6.48. The maximum atomic E-state index is 12.6. The molecule has 1 saturated heterocycles. The van der Waals surface area contributed by atoms with Gasteiger partial charge in [-0.25, -0.2) is 0 Å². The number of nitrogens with zero attached hydrogens (tertiary/aromatic N) is 1. The molecular weight excluding hydrogens is 262 g/mol. The second-order valence-electron chi connectivity index (χ2n) is 6.48. The molecule has 21 heavy (non-hydrogen) atoms. The van der Waals surface area contributed by atoms with E-state index in [1.165, 1.54) is 12.0 Å². The van der Waals surface area contributed by atoms with Crippen LogP contribution in [0.3, 0.4) is 0 Å². The summed E-state index contributed by atoms with van der Waals surface area (Å²) >= 11 is 0. The van der Waals surface area contributed by atoms with Crippen molar-refractivity contribution in [1.82, 2.24) is 4.90 Å². The monoisotopic (exact) mass is 285 g/mol. The van der Waals surface area contributed by atoms with Gasteiger partial charge >= 0.3 is 0 Å². The van der Waals surface area contributed by atoms with Crippen molar-refractivity contribution in [2.24, 2.45) is 5.92 Å². The molecule has 1 aliphatic carbocycles. The predicted octanol–water partition coefficient (Wildman–Crippen LogP) is 3.25. The molecule has 3 rings (SSSR count). The van der Waals surface area contributed by atoms with Gasteiger partial charge in [0, 0.05) is 12.5 Å². The Hall–Kier alpha value is -1.64. The first kappa shape index (κ1) is 14.3. The van der Waals surface area contributed by atoms with Crippen molar-refractivity contribution in [2.75, 3.05) is 0 Å². The zero-order valence-corrected chi connectivity index (χ0v) is 12.7. The Morgan fingerprint density at radius 3 is 2.38 bits per heavy atom. The Balaban J connectivity index is 1.69. The van der Waals surface area contributed by atoms with E-state index in [9.17, 15) is 9.59 Å². The number of imide groups is 1. The van der Waals surface area contributed by atoms with Crippen molar-refractivity contribution in [1.29, 1.82) is 0 Å². The van der Waals surface area contributed by atoms with E-state index in [4.69, 9.17) is 0 Å². The van der Waals surface area contributed by atoms with E-state index in [0.29, 0.717) is 12.8 Å². The van der Waals surface area contributed by atoms with E-state index in [1.54, 1.807) is 4.90 Å². The quantitative estimate of drug-likeness (QED) is 0.799. The lowest BCUT2D eigenvalue weighted by molar-refractivity contribution is -0.142.